The number of phenols is 1. The number of aromatic hydroxyl groups is 1. The van der Waals surface area contributed by atoms with E-state index in [0.717, 1.165) is 17.8 Å². The van der Waals surface area contributed by atoms with E-state index >= 15 is 0 Å². The van der Waals surface area contributed by atoms with Crippen molar-refractivity contribution in [3.05, 3.63) is 108 Å². The minimum absolute atomic E-state index is 0.227. The number of nitrogens with one attached hydrogen (secondary N) is 1. The molecule has 0 bridgehead atoms. The van der Waals surface area contributed by atoms with E-state index in [0.29, 0.717) is 12.4 Å². The summed E-state index contributed by atoms with van der Waals surface area (Å²) in [6.45, 7) is 1.42. The maximum absolute atomic E-state index is 9.40. The lowest BCUT2D eigenvalue weighted by molar-refractivity contribution is 0.475. The van der Waals surface area contributed by atoms with Gasteiger partial charge in [-0.05, 0) is 35.4 Å². The molecule has 4 rings (SSSR count). The molecular formula is C24H22N2O2. The van der Waals surface area contributed by atoms with Gasteiger partial charge in [0.05, 0.1) is 5.69 Å². The Hall–Kier alpha value is -3.37. The first kappa shape index (κ1) is 18.0. The molecule has 0 atom stereocenters. The lowest BCUT2D eigenvalue weighted by Gasteiger charge is -2.18. The van der Waals surface area contributed by atoms with E-state index in [9.17, 15) is 5.11 Å². The zero-order chi connectivity index (χ0) is 19.2. The third-order valence-corrected chi connectivity index (χ3v) is 4.72. The van der Waals surface area contributed by atoms with Crippen molar-refractivity contribution in [3.63, 3.8) is 0 Å². The first-order valence-corrected chi connectivity index (χ1v) is 9.34. The molecule has 0 unspecified atom stereocenters. The van der Waals surface area contributed by atoms with Gasteiger partial charge in [0.1, 0.15) is 12.0 Å². The summed E-state index contributed by atoms with van der Waals surface area (Å²) in [4.78, 5) is 4.54. The molecule has 0 saturated carbocycles. The second-order valence-corrected chi connectivity index (χ2v) is 6.70. The largest absolute Gasteiger partial charge is 0.508 e. The Bertz CT molecular complexity index is 956. The summed E-state index contributed by atoms with van der Waals surface area (Å²) in [7, 11) is 0. The van der Waals surface area contributed by atoms with Crippen LogP contribution in [0.4, 0.5) is 0 Å². The number of aromatic nitrogens is 1. The van der Waals surface area contributed by atoms with E-state index in [1.54, 1.807) is 30.5 Å². The van der Waals surface area contributed by atoms with Gasteiger partial charge in [-0.25, -0.2) is 4.98 Å². The molecule has 0 aliphatic rings. The van der Waals surface area contributed by atoms with Crippen LogP contribution in [0.3, 0.4) is 0 Å². The highest BCUT2D eigenvalue weighted by Gasteiger charge is 2.14. The van der Waals surface area contributed by atoms with E-state index in [1.807, 2.05) is 12.1 Å². The maximum atomic E-state index is 9.40. The average molecular weight is 370 g/mol. The molecule has 2 N–H and O–H groups in total. The van der Waals surface area contributed by atoms with Gasteiger partial charge in [0.2, 0.25) is 5.89 Å². The monoisotopic (exact) mass is 370 g/mol. The second kappa shape index (κ2) is 8.55. The molecule has 140 valence electrons. The molecule has 4 aromatic rings. The van der Waals surface area contributed by atoms with Gasteiger partial charge in [0.25, 0.3) is 0 Å². The Morgan fingerprint density at radius 2 is 1.43 bits per heavy atom. The van der Waals surface area contributed by atoms with Crippen LogP contribution in [-0.4, -0.2) is 16.6 Å². The van der Waals surface area contributed by atoms with Crippen LogP contribution < -0.4 is 5.32 Å². The number of rotatable bonds is 7. The van der Waals surface area contributed by atoms with Crippen molar-refractivity contribution < 1.29 is 9.52 Å². The van der Waals surface area contributed by atoms with Crippen molar-refractivity contribution in [2.24, 2.45) is 0 Å². The molecule has 3 aromatic carbocycles. The van der Waals surface area contributed by atoms with E-state index in [2.05, 4.69) is 58.8 Å². The fourth-order valence-corrected chi connectivity index (χ4v) is 3.27. The summed E-state index contributed by atoms with van der Waals surface area (Å²) >= 11 is 0. The maximum Gasteiger partial charge on any atom is 0.226 e. The Balaban J connectivity index is 1.43. The minimum Gasteiger partial charge on any atom is -0.508 e. The van der Waals surface area contributed by atoms with E-state index in [4.69, 9.17) is 4.42 Å². The molecule has 1 aromatic heterocycles. The van der Waals surface area contributed by atoms with Gasteiger partial charge in [-0.2, -0.15) is 0 Å². The predicted octanol–water partition coefficient (Wildman–Crippen LogP) is 4.97. The molecule has 0 aliphatic carbocycles. The van der Waals surface area contributed by atoms with Crippen molar-refractivity contribution in [2.45, 2.75) is 12.5 Å². The molecule has 28 heavy (non-hydrogen) atoms. The SMILES string of the molecule is Oc1ccc(-c2nc(CNCC(c3ccccc3)c3ccccc3)co2)cc1. The van der Waals surface area contributed by atoms with E-state index < -0.39 is 0 Å². The lowest BCUT2D eigenvalue weighted by atomic mass is 9.91. The van der Waals surface area contributed by atoms with Crippen LogP contribution in [0.5, 0.6) is 5.75 Å². The van der Waals surface area contributed by atoms with Crippen molar-refractivity contribution in [3.8, 4) is 17.2 Å². The number of nitrogens with zero attached hydrogens (tertiary/aromatic N) is 1. The number of hydrogen-bond acceptors (Lipinski definition) is 4. The van der Waals surface area contributed by atoms with Gasteiger partial charge in [-0.15, -0.1) is 0 Å². The molecular weight excluding hydrogens is 348 g/mol. The van der Waals surface area contributed by atoms with E-state index in [1.165, 1.54) is 11.1 Å². The Morgan fingerprint density at radius 3 is 2.04 bits per heavy atom. The van der Waals surface area contributed by atoms with Crippen LogP contribution in [0.25, 0.3) is 11.5 Å². The van der Waals surface area contributed by atoms with E-state index in [-0.39, 0.29) is 11.7 Å². The van der Waals surface area contributed by atoms with Crippen LogP contribution in [0.2, 0.25) is 0 Å². The fourth-order valence-electron chi connectivity index (χ4n) is 3.27. The van der Waals surface area contributed by atoms with Gasteiger partial charge in [-0.3, -0.25) is 0 Å². The number of phenolic OH excluding ortho intramolecular Hbond substituents is 1. The molecule has 4 nitrogen and oxygen atoms in total. The first-order valence-electron chi connectivity index (χ1n) is 9.34. The van der Waals surface area contributed by atoms with Gasteiger partial charge < -0.3 is 14.8 Å². The zero-order valence-corrected chi connectivity index (χ0v) is 15.5. The lowest BCUT2D eigenvalue weighted by Crippen LogP contribution is -2.22. The molecule has 0 fully saturated rings. The van der Waals surface area contributed by atoms with Crippen molar-refractivity contribution in [1.29, 1.82) is 0 Å². The van der Waals surface area contributed by atoms with Crippen molar-refractivity contribution in [2.75, 3.05) is 6.54 Å². The molecule has 0 radical (unpaired) electrons. The topological polar surface area (TPSA) is 58.3 Å². The molecule has 0 spiro atoms. The number of hydrogen-bond donors (Lipinski definition) is 2. The Kier molecular flexibility index (Phi) is 5.50. The van der Waals surface area contributed by atoms with Crippen molar-refractivity contribution in [1.82, 2.24) is 10.3 Å². The highest BCUT2D eigenvalue weighted by atomic mass is 16.3. The third kappa shape index (κ3) is 4.30. The summed E-state index contributed by atoms with van der Waals surface area (Å²) in [5.74, 6) is 1.05. The molecule has 0 amide bonds. The van der Waals surface area contributed by atoms with Crippen LogP contribution >= 0.6 is 0 Å². The number of benzene rings is 3. The van der Waals surface area contributed by atoms with Gasteiger partial charge >= 0.3 is 0 Å². The summed E-state index contributed by atoms with van der Waals surface area (Å²) in [5, 5.41) is 12.9. The van der Waals surface area contributed by atoms with Crippen LogP contribution in [-0.2, 0) is 6.54 Å². The summed E-state index contributed by atoms with van der Waals surface area (Å²) in [6.07, 6.45) is 1.68. The Morgan fingerprint density at radius 1 is 0.821 bits per heavy atom. The van der Waals surface area contributed by atoms with Crippen LogP contribution in [0, 0.1) is 0 Å². The minimum atomic E-state index is 0.227. The zero-order valence-electron chi connectivity index (χ0n) is 15.5. The quantitative estimate of drug-likeness (QED) is 0.482. The molecule has 1 heterocycles. The smallest absolute Gasteiger partial charge is 0.226 e. The number of oxazole rings is 1. The van der Waals surface area contributed by atoms with Crippen molar-refractivity contribution >= 4 is 0 Å². The Labute approximate surface area is 164 Å². The highest BCUT2D eigenvalue weighted by Crippen LogP contribution is 2.24. The third-order valence-electron chi connectivity index (χ3n) is 4.72. The normalized spacial score (nSPS) is 11.0. The van der Waals surface area contributed by atoms with Crippen LogP contribution in [0.1, 0.15) is 22.7 Å². The van der Waals surface area contributed by atoms with Gasteiger partial charge in [0, 0.05) is 24.6 Å². The summed E-state index contributed by atoms with van der Waals surface area (Å²) in [6, 6.07) is 27.9. The fraction of sp³-hybridized carbons (Fsp3) is 0.125. The average Bonchev–Trinajstić information content (AvgIpc) is 3.22. The highest BCUT2D eigenvalue weighted by molar-refractivity contribution is 5.54. The first-order chi connectivity index (χ1) is 13.8. The predicted molar refractivity (Wildman–Crippen MR) is 110 cm³/mol. The molecule has 4 heteroatoms. The molecule has 0 saturated heterocycles. The second-order valence-electron chi connectivity index (χ2n) is 6.70. The summed E-state index contributed by atoms with van der Waals surface area (Å²) < 4.78 is 5.58. The molecule has 0 aliphatic heterocycles. The van der Waals surface area contributed by atoms with Gasteiger partial charge in [0.15, 0.2) is 0 Å². The van der Waals surface area contributed by atoms with Gasteiger partial charge in [-0.1, -0.05) is 60.7 Å². The standard InChI is InChI=1S/C24H22N2O2/c27-22-13-11-20(12-14-22)24-26-21(17-28-24)15-25-16-23(18-7-3-1-4-8-18)19-9-5-2-6-10-19/h1-14,17,23,25,27H,15-16H2. The van der Waals surface area contributed by atoms with Crippen LogP contribution in [0.15, 0.2) is 95.6 Å². The summed E-state index contributed by atoms with van der Waals surface area (Å²) in [5.41, 5.74) is 4.26.